The minimum atomic E-state index is -3.92. The molecule has 0 atom stereocenters. The first-order chi connectivity index (χ1) is 9.80. The molecule has 0 bridgehead atoms. The van der Waals surface area contributed by atoms with Crippen LogP contribution in [-0.4, -0.2) is 49.0 Å². The Morgan fingerprint density at radius 2 is 1.67 bits per heavy atom. The van der Waals surface area contributed by atoms with Crippen LogP contribution < -0.4 is 0 Å². The van der Waals surface area contributed by atoms with Crippen molar-refractivity contribution in [2.24, 2.45) is 5.41 Å². The van der Waals surface area contributed by atoms with Crippen molar-refractivity contribution in [3.05, 3.63) is 0 Å². The smallest absolute Gasteiger partial charge is 0.322 e. The Kier molecular flexibility index (Phi) is 4.52. The molecule has 0 aromatic heterocycles. The number of carbonyl (C=O) groups excluding carboxylic acids is 1. The summed E-state index contributed by atoms with van der Waals surface area (Å²) >= 11 is 0. The second-order valence-electron chi connectivity index (χ2n) is 5.87. The molecule has 1 saturated heterocycles. The summed E-state index contributed by atoms with van der Waals surface area (Å²) in [6.45, 7) is 2.32. The van der Waals surface area contributed by atoms with E-state index in [2.05, 4.69) is 6.92 Å². The van der Waals surface area contributed by atoms with Crippen LogP contribution in [0.2, 0.25) is 0 Å². The molecule has 7 heteroatoms. The third kappa shape index (κ3) is 2.53. The van der Waals surface area contributed by atoms with Gasteiger partial charge >= 0.3 is 11.8 Å². The Labute approximate surface area is 121 Å². The highest BCUT2D eigenvalue weighted by atomic mass is 19.3. The van der Waals surface area contributed by atoms with Gasteiger partial charge in [-0.15, -0.1) is 0 Å². The highest BCUT2D eigenvalue weighted by molar-refractivity contribution is 5.77. The topological polar surface area (TPSA) is 29.5 Å². The summed E-state index contributed by atoms with van der Waals surface area (Å²) in [7, 11) is 0. The van der Waals surface area contributed by atoms with Gasteiger partial charge in [0.1, 0.15) is 12.0 Å². The molecule has 2 fully saturated rings. The van der Waals surface area contributed by atoms with E-state index in [4.69, 9.17) is 4.74 Å². The van der Waals surface area contributed by atoms with Gasteiger partial charge in [0.25, 0.3) is 0 Å². The van der Waals surface area contributed by atoms with E-state index in [1.165, 1.54) is 4.90 Å². The van der Waals surface area contributed by atoms with Crippen LogP contribution in [0.1, 0.15) is 39.0 Å². The molecular weight excluding hydrogens is 290 g/mol. The zero-order valence-electron chi connectivity index (χ0n) is 12.1. The maximum absolute atomic E-state index is 13.2. The first-order valence-corrected chi connectivity index (χ1v) is 7.41. The number of amides is 1. The number of piperidine rings is 1. The lowest BCUT2D eigenvalue weighted by molar-refractivity contribution is -0.138. The van der Waals surface area contributed by atoms with Crippen LogP contribution >= 0.6 is 0 Å². The molecule has 0 aromatic rings. The van der Waals surface area contributed by atoms with Crippen molar-refractivity contribution in [2.75, 3.05) is 26.3 Å². The molecule has 1 heterocycles. The zero-order valence-corrected chi connectivity index (χ0v) is 12.1. The summed E-state index contributed by atoms with van der Waals surface area (Å²) in [4.78, 5) is 13.2. The SMILES string of the molecule is CCCCCOCC(=O)N1CCC2(CC1)C(F)(F)C2(F)F. The normalized spacial score (nSPS) is 25.1. The van der Waals surface area contributed by atoms with Gasteiger partial charge in [-0.3, -0.25) is 4.79 Å². The predicted molar refractivity (Wildman–Crippen MR) is 68.5 cm³/mol. The van der Waals surface area contributed by atoms with Gasteiger partial charge in [-0.05, 0) is 19.3 Å². The summed E-state index contributed by atoms with van der Waals surface area (Å²) in [5.41, 5.74) is -2.22. The largest absolute Gasteiger partial charge is 0.372 e. The van der Waals surface area contributed by atoms with Crippen LogP contribution in [0.15, 0.2) is 0 Å². The number of carbonyl (C=O) groups is 1. The van der Waals surface area contributed by atoms with Gasteiger partial charge in [0.15, 0.2) is 0 Å². The van der Waals surface area contributed by atoms with Crippen LogP contribution in [0, 0.1) is 5.41 Å². The van der Waals surface area contributed by atoms with Crippen LogP contribution in [0.4, 0.5) is 17.6 Å². The van der Waals surface area contributed by atoms with Crippen molar-refractivity contribution >= 4 is 5.91 Å². The Bertz CT molecular complexity index is 376. The lowest BCUT2D eigenvalue weighted by atomic mass is 9.92. The number of rotatable bonds is 6. The van der Waals surface area contributed by atoms with E-state index >= 15 is 0 Å². The summed E-state index contributed by atoms with van der Waals surface area (Å²) in [5, 5.41) is 0. The minimum Gasteiger partial charge on any atom is -0.372 e. The van der Waals surface area contributed by atoms with Crippen LogP contribution in [-0.2, 0) is 9.53 Å². The molecule has 1 amide bonds. The van der Waals surface area contributed by atoms with E-state index in [-0.39, 0.29) is 38.4 Å². The van der Waals surface area contributed by atoms with Crippen LogP contribution in [0.3, 0.4) is 0 Å². The summed E-state index contributed by atoms with van der Waals surface area (Å²) < 4.78 is 58.1. The van der Waals surface area contributed by atoms with E-state index < -0.39 is 17.3 Å². The summed E-state index contributed by atoms with van der Waals surface area (Å²) in [5.74, 6) is -8.16. The number of unbranched alkanes of at least 4 members (excludes halogenated alkanes) is 2. The zero-order chi connectivity index (χ0) is 15.7. The molecule has 1 spiro atoms. The number of nitrogens with zero attached hydrogens (tertiary/aromatic N) is 1. The van der Waals surface area contributed by atoms with Gasteiger partial charge in [0.2, 0.25) is 5.91 Å². The van der Waals surface area contributed by atoms with E-state index in [1.54, 1.807) is 0 Å². The third-order valence-corrected chi connectivity index (χ3v) is 4.62. The van der Waals surface area contributed by atoms with E-state index in [0.29, 0.717) is 6.61 Å². The van der Waals surface area contributed by atoms with Gasteiger partial charge in [-0.1, -0.05) is 19.8 Å². The van der Waals surface area contributed by atoms with Crippen molar-refractivity contribution in [2.45, 2.75) is 50.9 Å². The molecule has 0 radical (unpaired) electrons. The lowest BCUT2D eigenvalue weighted by Gasteiger charge is -2.31. The molecule has 3 nitrogen and oxygen atoms in total. The van der Waals surface area contributed by atoms with Crippen LogP contribution in [0.5, 0.6) is 0 Å². The maximum atomic E-state index is 13.2. The van der Waals surface area contributed by atoms with Gasteiger partial charge in [0.05, 0.1) is 0 Å². The quantitative estimate of drug-likeness (QED) is 0.557. The second kappa shape index (κ2) is 5.74. The van der Waals surface area contributed by atoms with Crippen molar-refractivity contribution < 1.29 is 27.1 Å². The van der Waals surface area contributed by atoms with E-state index in [9.17, 15) is 22.4 Å². The average molecular weight is 311 g/mol. The van der Waals surface area contributed by atoms with Crippen molar-refractivity contribution in [1.82, 2.24) is 4.90 Å². The fraction of sp³-hybridized carbons (Fsp3) is 0.929. The first-order valence-electron chi connectivity index (χ1n) is 7.41. The number of ether oxygens (including phenoxy) is 1. The highest BCUT2D eigenvalue weighted by Gasteiger charge is 2.95. The monoisotopic (exact) mass is 311 g/mol. The molecule has 0 unspecified atom stereocenters. The fourth-order valence-corrected chi connectivity index (χ4v) is 2.99. The number of halogens is 4. The maximum Gasteiger partial charge on any atom is 0.322 e. The summed E-state index contributed by atoms with van der Waals surface area (Å²) in [6, 6.07) is 0. The number of hydrogen-bond acceptors (Lipinski definition) is 2. The molecule has 21 heavy (non-hydrogen) atoms. The van der Waals surface area contributed by atoms with Gasteiger partial charge < -0.3 is 9.64 Å². The molecule has 122 valence electrons. The molecular formula is C14H21F4NO2. The Balaban J connectivity index is 1.74. The van der Waals surface area contributed by atoms with Crippen molar-refractivity contribution in [1.29, 1.82) is 0 Å². The Morgan fingerprint density at radius 1 is 1.10 bits per heavy atom. The first kappa shape index (κ1) is 16.5. The average Bonchev–Trinajstić information content (AvgIpc) is 2.77. The number of hydrogen-bond donors (Lipinski definition) is 0. The second-order valence-corrected chi connectivity index (χ2v) is 5.87. The molecule has 1 saturated carbocycles. The molecule has 1 aliphatic carbocycles. The molecule has 2 aliphatic rings. The number of likely N-dealkylation sites (tertiary alicyclic amines) is 1. The molecule has 0 N–H and O–H groups in total. The van der Waals surface area contributed by atoms with Gasteiger partial charge in [-0.25, -0.2) is 0 Å². The Hall–Kier alpha value is -0.850. The van der Waals surface area contributed by atoms with Gasteiger partial charge in [0, 0.05) is 19.7 Å². The molecule has 0 aromatic carbocycles. The number of alkyl halides is 4. The van der Waals surface area contributed by atoms with Crippen molar-refractivity contribution in [3.8, 4) is 0 Å². The molecule has 2 rings (SSSR count). The summed E-state index contributed by atoms with van der Waals surface area (Å²) in [6.07, 6.45) is 2.23. The van der Waals surface area contributed by atoms with E-state index in [1.807, 2.05) is 0 Å². The fourth-order valence-electron chi connectivity index (χ4n) is 2.99. The predicted octanol–water partition coefficient (Wildman–Crippen LogP) is 3.09. The Morgan fingerprint density at radius 3 is 2.14 bits per heavy atom. The minimum absolute atomic E-state index is 0.0532. The standard InChI is InChI=1S/C14H21F4NO2/c1-2-3-4-9-21-10-11(20)19-7-5-12(6-8-19)13(15,16)14(12,17)18/h2-10H2,1H3. The molecule has 1 aliphatic heterocycles. The van der Waals surface area contributed by atoms with E-state index in [0.717, 1.165) is 19.3 Å². The van der Waals surface area contributed by atoms with Crippen molar-refractivity contribution in [3.63, 3.8) is 0 Å². The van der Waals surface area contributed by atoms with Crippen LogP contribution in [0.25, 0.3) is 0 Å². The third-order valence-electron chi connectivity index (χ3n) is 4.62. The lowest BCUT2D eigenvalue weighted by Crippen LogP contribution is -2.42. The highest BCUT2D eigenvalue weighted by Crippen LogP contribution is 2.76. The van der Waals surface area contributed by atoms with Gasteiger partial charge in [-0.2, -0.15) is 17.6 Å².